The van der Waals surface area contributed by atoms with E-state index in [1.165, 1.54) is 0 Å². The highest BCUT2D eigenvalue weighted by molar-refractivity contribution is 5.59. The number of carbonyl (C=O) groups excluding carboxylic acids is 2. The molecule has 0 spiro atoms. The SMILES string of the molecule is CCCC(C)(C)OOC(=O)OCCCCCCOC(=O)OOC(C)(C)CC(C)(C)C. The van der Waals surface area contributed by atoms with Crippen LogP contribution in [0.1, 0.15) is 100 Å². The normalized spacial score (nSPS) is 12.4. The van der Waals surface area contributed by atoms with E-state index in [-0.39, 0.29) is 18.6 Å². The third-order valence-corrected chi connectivity index (χ3v) is 3.96. The van der Waals surface area contributed by atoms with Gasteiger partial charge in [-0.05, 0) is 71.6 Å². The lowest BCUT2D eigenvalue weighted by molar-refractivity contribution is -0.322. The van der Waals surface area contributed by atoms with Gasteiger partial charge in [-0.25, -0.2) is 9.59 Å². The first-order valence-corrected chi connectivity index (χ1v) is 10.8. The number of hydrogen-bond donors (Lipinski definition) is 0. The van der Waals surface area contributed by atoms with Gasteiger partial charge >= 0.3 is 12.3 Å². The summed E-state index contributed by atoms with van der Waals surface area (Å²) < 4.78 is 9.94. The predicted molar refractivity (Wildman–Crippen MR) is 113 cm³/mol. The Bertz CT molecular complexity index is 494. The van der Waals surface area contributed by atoms with E-state index in [0.29, 0.717) is 12.8 Å². The quantitative estimate of drug-likeness (QED) is 0.132. The van der Waals surface area contributed by atoms with Gasteiger partial charge in [-0.1, -0.05) is 34.1 Å². The average Bonchev–Trinajstić information content (AvgIpc) is 2.58. The van der Waals surface area contributed by atoms with Crippen molar-refractivity contribution in [2.75, 3.05) is 13.2 Å². The molecule has 0 rings (SSSR count). The van der Waals surface area contributed by atoms with Gasteiger partial charge in [0.1, 0.15) is 11.2 Å². The van der Waals surface area contributed by atoms with Gasteiger partial charge < -0.3 is 9.47 Å². The molecule has 178 valence electrons. The molecule has 0 aliphatic carbocycles. The molecule has 0 aromatic rings. The second kappa shape index (κ2) is 13.7. The minimum atomic E-state index is -0.839. The van der Waals surface area contributed by atoms with E-state index in [2.05, 4.69) is 25.7 Å². The molecule has 0 N–H and O–H groups in total. The molecule has 0 fully saturated rings. The molecule has 0 radical (unpaired) electrons. The highest BCUT2D eigenvalue weighted by atomic mass is 17.2. The lowest BCUT2D eigenvalue weighted by Gasteiger charge is -2.30. The average molecular weight is 435 g/mol. The molecular weight excluding hydrogens is 392 g/mol. The first-order chi connectivity index (χ1) is 13.8. The summed E-state index contributed by atoms with van der Waals surface area (Å²) in [5, 5.41) is 0. The number of carbonyl (C=O) groups is 2. The Morgan fingerprint density at radius 1 is 0.667 bits per heavy atom. The monoisotopic (exact) mass is 434 g/mol. The third kappa shape index (κ3) is 17.3. The highest BCUT2D eigenvalue weighted by Gasteiger charge is 2.29. The van der Waals surface area contributed by atoms with Crippen molar-refractivity contribution in [2.45, 2.75) is 112 Å². The molecule has 8 heteroatoms. The van der Waals surface area contributed by atoms with Crippen LogP contribution in [0.5, 0.6) is 0 Å². The lowest BCUT2D eigenvalue weighted by Crippen LogP contribution is -2.31. The zero-order valence-electron chi connectivity index (χ0n) is 20.1. The summed E-state index contributed by atoms with van der Waals surface area (Å²) in [5.41, 5.74) is -1.06. The Morgan fingerprint density at radius 3 is 1.50 bits per heavy atom. The molecule has 30 heavy (non-hydrogen) atoms. The van der Waals surface area contributed by atoms with Crippen LogP contribution in [0.15, 0.2) is 0 Å². The molecule has 0 saturated carbocycles. The Hall–Kier alpha value is -1.54. The number of rotatable bonds is 14. The van der Waals surface area contributed by atoms with Crippen molar-refractivity contribution in [3.05, 3.63) is 0 Å². The van der Waals surface area contributed by atoms with Crippen LogP contribution in [0, 0.1) is 5.41 Å². The Balaban J connectivity index is 3.67. The van der Waals surface area contributed by atoms with E-state index in [4.69, 9.17) is 24.1 Å². The van der Waals surface area contributed by atoms with Crippen molar-refractivity contribution >= 4 is 12.3 Å². The number of ether oxygens (including phenoxy) is 2. The van der Waals surface area contributed by atoms with Crippen LogP contribution in [0.2, 0.25) is 0 Å². The van der Waals surface area contributed by atoms with E-state index in [9.17, 15) is 9.59 Å². The van der Waals surface area contributed by atoms with Crippen LogP contribution < -0.4 is 0 Å². The molecule has 0 bridgehead atoms. The predicted octanol–water partition coefficient (Wildman–Crippen LogP) is 6.51. The fourth-order valence-electron chi connectivity index (χ4n) is 3.16. The largest absolute Gasteiger partial charge is 0.540 e. The first-order valence-electron chi connectivity index (χ1n) is 10.8. The summed E-state index contributed by atoms with van der Waals surface area (Å²) in [6.45, 7) is 16.2. The van der Waals surface area contributed by atoms with E-state index in [0.717, 1.165) is 32.1 Å². The van der Waals surface area contributed by atoms with Gasteiger partial charge in [-0.2, -0.15) is 9.78 Å². The van der Waals surface area contributed by atoms with Gasteiger partial charge in [0.15, 0.2) is 0 Å². The van der Waals surface area contributed by atoms with Crippen molar-refractivity contribution in [3.63, 3.8) is 0 Å². The van der Waals surface area contributed by atoms with E-state index in [1.807, 2.05) is 34.6 Å². The maximum atomic E-state index is 11.6. The first kappa shape index (κ1) is 28.5. The standard InChI is InChI=1S/C22H42O8/c1-9-14-21(5,6)29-27-18(23)25-15-12-10-11-13-16-26-19(24)28-30-22(7,8)17-20(2,3)4/h9-17H2,1-8H3. The Kier molecular flexibility index (Phi) is 13.0. The van der Waals surface area contributed by atoms with Crippen LogP contribution in [-0.4, -0.2) is 36.7 Å². The lowest BCUT2D eigenvalue weighted by atomic mass is 9.84. The van der Waals surface area contributed by atoms with Gasteiger partial charge in [-0.3, -0.25) is 9.78 Å². The van der Waals surface area contributed by atoms with Crippen molar-refractivity contribution in [3.8, 4) is 0 Å². The Labute approximate surface area is 181 Å². The summed E-state index contributed by atoms with van der Waals surface area (Å²) in [7, 11) is 0. The Morgan fingerprint density at radius 2 is 1.10 bits per heavy atom. The van der Waals surface area contributed by atoms with Crippen molar-refractivity contribution < 1.29 is 38.6 Å². The van der Waals surface area contributed by atoms with Gasteiger partial charge in [0, 0.05) is 0 Å². The van der Waals surface area contributed by atoms with Crippen LogP contribution in [0.4, 0.5) is 9.59 Å². The summed E-state index contributed by atoms with van der Waals surface area (Å²) >= 11 is 0. The molecule has 0 aliphatic heterocycles. The van der Waals surface area contributed by atoms with E-state index in [1.54, 1.807) is 0 Å². The second-order valence-electron chi connectivity index (χ2n) is 9.95. The minimum Gasteiger partial charge on any atom is -0.432 e. The molecule has 0 heterocycles. The maximum Gasteiger partial charge on any atom is 0.540 e. The summed E-state index contributed by atoms with van der Waals surface area (Å²) in [4.78, 5) is 42.7. The molecule has 8 nitrogen and oxygen atoms in total. The van der Waals surface area contributed by atoms with Crippen molar-refractivity contribution in [2.24, 2.45) is 5.41 Å². The topological polar surface area (TPSA) is 89.5 Å². The second-order valence-corrected chi connectivity index (χ2v) is 9.95. The number of unbranched alkanes of at least 4 members (excludes halogenated alkanes) is 3. The van der Waals surface area contributed by atoms with E-state index < -0.39 is 23.5 Å². The van der Waals surface area contributed by atoms with Crippen LogP contribution in [0.3, 0.4) is 0 Å². The third-order valence-electron chi connectivity index (χ3n) is 3.96. The molecular formula is C22H42O8. The molecule has 0 atom stereocenters. The fourth-order valence-corrected chi connectivity index (χ4v) is 3.16. The van der Waals surface area contributed by atoms with Gasteiger partial charge in [0.05, 0.1) is 13.2 Å². The van der Waals surface area contributed by atoms with Gasteiger partial charge in [0.25, 0.3) is 0 Å². The maximum absolute atomic E-state index is 11.6. The van der Waals surface area contributed by atoms with Crippen molar-refractivity contribution in [1.82, 2.24) is 0 Å². The van der Waals surface area contributed by atoms with Crippen LogP contribution in [0.25, 0.3) is 0 Å². The highest BCUT2D eigenvalue weighted by Crippen LogP contribution is 2.29. The molecule has 0 aliphatic rings. The smallest absolute Gasteiger partial charge is 0.432 e. The molecule has 0 saturated heterocycles. The van der Waals surface area contributed by atoms with E-state index >= 15 is 0 Å². The molecule has 0 aromatic heterocycles. The van der Waals surface area contributed by atoms with Crippen molar-refractivity contribution in [1.29, 1.82) is 0 Å². The minimum absolute atomic E-state index is 0.0515. The fraction of sp³-hybridized carbons (Fsp3) is 0.909. The molecule has 0 amide bonds. The summed E-state index contributed by atoms with van der Waals surface area (Å²) in [5.74, 6) is 0. The van der Waals surface area contributed by atoms with Crippen LogP contribution >= 0.6 is 0 Å². The molecule has 0 aromatic carbocycles. The zero-order valence-corrected chi connectivity index (χ0v) is 20.1. The number of hydrogen-bond acceptors (Lipinski definition) is 8. The summed E-state index contributed by atoms with van der Waals surface area (Å²) in [6.07, 6.45) is 3.76. The van der Waals surface area contributed by atoms with Gasteiger partial charge in [0.2, 0.25) is 0 Å². The summed E-state index contributed by atoms with van der Waals surface area (Å²) in [6, 6.07) is 0. The van der Waals surface area contributed by atoms with Gasteiger partial charge in [-0.15, -0.1) is 0 Å². The molecule has 0 unspecified atom stereocenters. The zero-order chi connectivity index (χ0) is 23.3. The van der Waals surface area contributed by atoms with Crippen LogP contribution in [-0.2, 0) is 29.0 Å².